The van der Waals surface area contributed by atoms with Crippen molar-refractivity contribution in [1.82, 2.24) is 19.9 Å². The highest BCUT2D eigenvalue weighted by Crippen LogP contribution is 2.33. The normalized spacial score (nSPS) is 25.0. The van der Waals surface area contributed by atoms with Gasteiger partial charge in [0.1, 0.15) is 3.70 Å². The van der Waals surface area contributed by atoms with Crippen molar-refractivity contribution >= 4 is 28.5 Å². The van der Waals surface area contributed by atoms with Crippen LogP contribution in [0.5, 0.6) is 0 Å². The monoisotopic (exact) mass is 346 g/mol. The van der Waals surface area contributed by atoms with Gasteiger partial charge >= 0.3 is 0 Å². The number of carbonyl (C=O) groups excluding carboxylic acids is 1. The number of hydrogen-bond donors (Lipinski definition) is 0. The zero-order valence-electron chi connectivity index (χ0n) is 9.55. The number of nitrogens with zero attached hydrogens (tertiary/aromatic N) is 4. The van der Waals surface area contributed by atoms with Crippen LogP contribution >= 0.6 is 22.6 Å². The maximum atomic E-state index is 12.0. The highest BCUT2D eigenvalue weighted by atomic mass is 127. The van der Waals surface area contributed by atoms with Gasteiger partial charge in [-0.3, -0.25) is 4.79 Å². The average molecular weight is 346 g/mol. The largest absolute Gasteiger partial charge is 0.340 e. The van der Waals surface area contributed by atoms with Gasteiger partial charge in [0.25, 0.3) is 0 Å². The topological polar surface area (TPSA) is 51.0 Å². The number of hydrogen-bond acceptors (Lipinski definition) is 3. The molecule has 1 amide bonds. The Labute approximate surface area is 114 Å². The van der Waals surface area contributed by atoms with Gasteiger partial charge < -0.3 is 4.90 Å². The molecule has 0 N–H and O–H groups in total. The second-order valence-electron chi connectivity index (χ2n) is 4.86. The first-order valence-corrected chi connectivity index (χ1v) is 7.18. The van der Waals surface area contributed by atoms with E-state index in [1.807, 2.05) is 9.58 Å². The quantitative estimate of drug-likeness (QED) is 0.762. The lowest BCUT2D eigenvalue weighted by Gasteiger charge is -2.33. The van der Waals surface area contributed by atoms with Crippen molar-refractivity contribution in [2.75, 3.05) is 13.1 Å². The summed E-state index contributed by atoms with van der Waals surface area (Å²) in [5.74, 6) is 0.674. The van der Waals surface area contributed by atoms with Gasteiger partial charge in [-0.25, -0.2) is 4.68 Å². The molecule has 6 heteroatoms. The van der Waals surface area contributed by atoms with Gasteiger partial charge in [0, 0.05) is 19.0 Å². The highest BCUT2D eigenvalue weighted by molar-refractivity contribution is 14.1. The SMILES string of the molecule is O=C(C1CC1)N1CCCC(n2nncc2I)C1. The fourth-order valence-electron chi connectivity index (χ4n) is 2.42. The van der Waals surface area contributed by atoms with E-state index >= 15 is 0 Å². The van der Waals surface area contributed by atoms with Crippen LogP contribution in [0.1, 0.15) is 31.7 Å². The van der Waals surface area contributed by atoms with Crippen LogP contribution in [-0.4, -0.2) is 38.9 Å². The van der Waals surface area contributed by atoms with Crippen LogP contribution in [-0.2, 0) is 4.79 Å². The number of piperidine rings is 1. The van der Waals surface area contributed by atoms with Crippen molar-refractivity contribution in [3.05, 3.63) is 9.90 Å². The van der Waals surface area contributed by atoms with Gasteiger partial charge in [0.05, 0.1) is 12.2 Å². The molecule has 92 valence electrons. The molecule has 1 saturated carbocycles. The molecule has 1 aliphatic carbocycles. The third-order valence-corrected chi connectivity index (χ3v) is 4.28. The Bertz CT molecular complexity index is 429. The predicted octanol–water partition coefficient (Wildman–Crippen LogP) is 1.46. The van der Waals surface area contributed by atoms with Gasteiger partial charge in [-0.15, -0.1) is 5.10 Å². The van der Waals surface area contributed by atoms with Crippen molar-refractivity contribution in [3.8, 4) is 0 Å². The first-order valence-electron chi connectivity index (χ1n) is 6.10. The summed E-state index contributed by atoms with van der Waals surface area (Å²) < 4.78 is 3.00. The van der Waals surface area contributed by atoms with Gasteiger partial charge in [0.2, 0.25) is 5.91 Å². The van der Waals surface area contributed by atoms with Crippen LogP contribution in [0.15, 0.2) is 6.20 Å². The number of likely N-dealkylation sites (tertiary alicyclic amines) is 1. The van der Waals surface area contributed by atoms with Crippen molar-refractivity contribution in [3.63, 3.8) is 0 Å². The third kappa shape index (κ3) is 2.31. The summed E-state index contributed by atoms with van der Waals surface area (Å²) in [4.78, 5) is 14.1. The van der Waals surface area contributed by atoms with Crippen molar-refractivity contribution in [1.29, 1.82) is 0 Å². The highest BCUT2D eigenvalue weighted by Gasteiger charge is 2.36. The number of rotatable bonds is 2. The molecule has 0 aromatic carbocycles. The first kappa shape index (κ1) is 11.4. The Hall–Kier alpha value is -0.660. The number of halogens is 1. The lowest BCUT2D eigenvalue weighted by Crippen LogP contribution is -2.41. The summed E-state index contributed by atoms with van der Waals surface area (Å²) in [5, 5.41) is 8.03. The summed E-state index contributed by atoms with van der Waals surface area (Å²) in [5.41, 5.74) is 0. The van der Waals surface area contributed by atoms with E-state index in [0.29, 0.717) is 17.9 Å². The molecule has 0 radical (unpaired) electrons. The van der Waals surface area contributed by atoms with Gasteiger partial charge in [0.15, 0.2) is 0 Å². The fourth-order valence-corrected chi connectivity index (χ4v) is 3.04. The molecule has 2 heterocycles. The maximum Gasteiger partial charge on any atom is 0.225 e. The molecule has 1 saturated heterocycles. The summed E-state index contributed by atoms with van der Waals surface area (Å²) in [7, 11) is 0. The van der Waals surface area contributed by atoms with Crippen LogP contribution < -0.4 is 0 Å². The van der Waals surface area contributed by atoms with Gasteiger partial charge in [-0.05, 0) is 48.3 Å². The van der Waals surface area contributed by atoms with Crippen LogP contribution in [0.3, 0.4) is 0 Å². The molecule has 1 unspecified atom stereocenters. The molecule has 1 atom stereocenters. The van der Waals surface area contributed by atoms with E-state index in [2.05, 4.69) is 32.9 Å². The third-order valence-electron chi connectivity index (χ3n) is 3.51. The first-order chi connectivity index (χ1) is 8.25. The molecule has 1 aliphatic heterocycles. The van der Waals surface area contributed by atoms with E-state index in [9.17, 15) is 4.79 Å². The predicted molar refractivity (Wildman–Crippen MR) is 70.3 cm³/mol. The van der Waals surface area contributed by atoms with Crippen molar-refractivity contribution < 1.29 is 4.79 Å². The van der Waals surface area contributed by atoms with E-state index in [4.69, 9.17) is 0 Å². The smallest absolute Gasteiger partial charge is 0.225 e. The molecule has 1 aromatic rings. The zero-order chi connectivity index (χ0) is 11.8. The molecule has 1 aromatic heterocycles. The Balaban J connectivity index is 1.71. The van der Waals surface area contributed by atoms with Crippen molar-refractivity contribution in [2.24, 2.45) is 5.92 Å². The molecule has 2 aliphatic rings. The second kappa shape index (κ2) is 4.55. The lowest BCUT2D eigenvalue weighted by atomic mass is 10.1. The standard InChI is InChI=1S/C11H15IN4O/c12-10-6-13-14-16(10)9-2-1-5-15(7-9)11(17)8-3-4-8/h6,8-9H,1-5,7H2. The molecular formula is C11H15IN4O. The minimum Gasteiger partial charge on any atom is -0.340 e. The molecule has 2 fully saturated rings. The lowest BCUT2D eigenvalue weighted by molar-refractivity contribution is -0.134. The molecule has 5 nitrogen and oxygen atoms in total. The molecule has 0 spiro atoms. The van der Waals surface area contributed by atoms with E-state index in [0.717, 1.165) is 42.5 Å². The Morgan fingerprint density at radius 2 is 2.24 bits per heavy atom. The molecule has 0 bridgehead atoms. The minimum atomic E-state index is 0.306. The summed E-state index contributed by atoms with van der Waals surface area (Å²) in [6.45, 7) is 1.71. The Morgan fingerprint density at radius 1 is 1.41 bits per heavy atom. The van der Waals surface area contributed by atoms with Gasteiger partial charge in [-0.2, -0.15) is 0 Å². The van der Waals surface area contributed by atoms with Crippen molar-refractivity contribution in [2.45, 2.75) is 31.7 Å². The van der Waals surface area contributed by atoms with Crippen LogP contribution in [0.25, 0.3) is 0 Å². The number of carbonyl (C=O) groups is 1. The van der Waals surface area contributed by atoms with Crippen LogP contribution in [0.4, 0.5) is 0 Å². The summed E-state index contributed by atoms with van der Waals surface area (Å²) >= 11 is 2.24. The van der Waals surface area contributed by atoms with E-state index in [1.165, 1.54) is 0 Å². The zero-order valence-corrected chi connectivity index (χ0v) is 11.7. The molecule has 3 rings (SSSR count). The molecule has 17 heavy (non-hydrogen) atoms. The van der Waals surface area contributed by atoms with E-state index in [-0.39, 0.29) is 0 Å². The summed E-state index contributed by atoms with van der Waals surface area (Å²) in [6.07, 6.45) is 6.09. The Morgan fingerprint density at radius 3 is 2.88 bits per heavy atom. The minimum absolute atomic E-state index is 0.306. The number of amides is 1. The second-order valence-corrected chi connectivity index (χ2v) is 5.96. The fraction of sp³-hybridized carbons (Fsp3) is 0.727. The van der Waals surface area contributed by atoms with E-state index in [1.54, 1.807) is 6.20 Å². The maximum absolute atomic E-state index is 12.0. The van der Waals surface area contributed by atoms with Crippen LogP contribution in [0.2, 0.25) is 0 Å². The molecular weight excluding hydrogens is 331 g/mol. The summed E-state index contributed by atoms with van der Waals surface area (Å²) in [6, 6.07) is 0.306. The van der Waals surface area contributed by atoms with Gasteiger partial charge in [-0.1, -0.05) is 5.21 Å². The Kier molecular flexibility index (Phi) is 3.06. The van der Waals surface area contributed by atoms with E-state index < -0.39 is 0 Å². The number of aromatic nitrogens is 3. The average Bonchev–Trinajstić information content (AvgIpc) is 3.11. The van der Waals surface area contributed by atoms with Crippen LogP contribution in [0, 0.1) is 9.62 Å².